The highest BCUT2D eigenvalue weighted by Crippen LogP contribution is 2.17. The van der Waals surface area contributed by atoms with E-state index in [1.54, 1.807) is 14.2 Å². The monoisotopic (exact) mass is 174 g/mol. The van der Waals surface area contributed by atoms with E-state index in [4.69, 9.17) is 9.47 Å². The number of rotatable bonds is 7. The van der Waals surface area contributed by atoms with Crippen molar-refractivity contribution in [1.29, 1.82) is 0 Å². The predicted molar refractivity (Wildman–Crippen MR) is 46.9 cm³/mol. The molecule has 0 aliphatic heterocycles. The van der Waals surface area contributed by atoms with E-state index in [0.717, 1.165) is 19.1 Å². The van der Waals surface area contributed by atoms with Crippen LogP contribution in [-0.4, -0.2) is 26.8 Å². The van der Waals surface area contributed by atoms with Crippen LogP contribution >= 0.6 is 0 Å². The topological polar surface area (TPSA) is 35.5 Å². The Morgan fingerprint density at radius 1 is 1.33 bits per heavy atom. The van der Waals surface area contributed by atoms with Gasteiger partial charge in [-0.1, -0.05) is 13.3 Å². The van der Waals surface area contributed by atoms with Gasteiger partial charge in [0.2, 0.25) is 0 Å². The lowest BCUT2D eigenvalue weighted by molar-refractivity contribution is -0.143. The van der Waals surface area contributed by atoms with Crippen LogP contribution in [0.1, 0.15) is 26.2 Å². The van der Waals surface area contributed by atoms with Crippen LogP contribution in [0, 0.1) is 5.92 Å². The van der Waals surface area contributed by atoms with E-state index in [0.29, 0.717) is 6.42 Å². The number of methoxy groups -OCH3 is 2. The lowest BCUT2D eigenvalue weighted by Gasteiger charge is -2.22. The molecule has 0 heterocycles. The summed E-state index contributed by atoms with van der Waals surface area (Å²) in [5, 5.41) is 0. The zero-order valence-electron chi connectivity index (χ0n) is 8.08. The lowest BCUT2D eigenvalue weighted by atomic mass is 10.00. The first kappa shape index (κ1) is 11.6. The molecule has 0 aliphatic carbocycles. The third-order valence-electron chi connectivity index (χ3n) is 1.91. The number of carbonyl (C=O) groups excluding carboxylic acids is 1. The van der Waals surface area contributed by atoms with E-state index >= 15 is 0 Å². The van der Waals surface area contributed by atoms with Crippen LogP contribution < -0.4 is 0 Å². The molecule has 0 radical (unpaired) electrons. The molecule has 0 aromatic rings. The van der Waals surface area contributed by atoms with E-state index in [2.05, 4.69) is 6.92 Å². The normalized spacial score (nSPS) is 13.3. The van der Waals surface area contributed by atoms with Crippen LogP contribution in [0.3, 0.4) is 0 Å². The van der Waals surface area contributed by atoms with Crippen molar-refractivity contribution in [3.05, 3.63) is 0 Å². The SMILES string of the molecule is CCCC(CC=O)C(OC)OC. The smallest absolute Gasteiger partial charge is 0.160 e. The molecule has 0 aromatic heterocycles. The minimum atomic E-state index is -0.241. The van der Waals surface area contributed by atoms with Gasteiger partial charge in [-0.15, -0.1) is 0 Å². The van der Waals surface area contributed by atoms with Gasteiger partial charge in [-0.3, -0.25) is 0 Å². The van der Waals surface area contributed by atoms with Crippen LogP contribution in [0.15, 0.2) is 0 Å². The summed E-state index contributed by atoms with van der Waals surface area (Å²) in [6, 6.07) is 0. The molecule has 1 atom stereocenters. The zero-order valence-corrected chi connectivity index (χ0v) is 8.08. The van der Waals surface area contributed by atoms with Crippen LogP contribution in [-0.2, 0) is 14.3 Å². The summed E-state index contributed by atoms with van der Waals surface area (Å²) in [5.41, 5.74) is 0. The molecule has 0 aromatic carbocycles. The molecule has 0 rings (SSSR count). The molecule has 12 heavy (non-hydrogen) atoms. The standard InChI is InChI=1S/C9H18O3/c1-4-5-8(6-7-10)9(11-2)12-3/h7-9H,4-6H2,1-3H3. The maximum absolute atomic E-state index is 10.3. The molecule has 72 valence electrons. The summed E-state index contributed by atoms with van der Waals surface area (Å²) in [6.07, 6.45) is 3.20. The molecular weight excluding hydrogens is 156 g/mol. The molecule has 3 heteroatoms. The number of ether oxygens (including phenoxy) is 2. The first-order valence-corrected chi connectivity index (χ1v) is 4.29. The van der Waals surface area contributed by atoms with Gasteiger partial charge in [0.15, 0.2) is 6.29 Å². The highest BCUT2D eigenvalue weighted by Gasteiger charge is 2.19. The Balaban J connectivity index is 3.94. The second-order valence-corrected chi connectivity index (χ2v) is 2.79. The summed E-state index contributed by atoms with van der Waals surface area (Å²) >= 11 is 0. The van der Waals surface area contributed by atoms with Gasteiger partial charge < -0.3 is 14.3 Å². The van der Waals surface area contributed by atoms with Crippen molar-refractivity contribution in [3.8, 4) is 0 Å². The first-order chi connectivity index (χ1) is 5.79. The maximum atomic E-state index is 10.3. The Morgan fingerprint density at radius 2 is 1.92 bits per heavy atom. The van der Waals surface area contributed by atoms with Gasteiger partial charge in [-0.2, -0.15) is 0 Å². The van der Waals surface area contributed by atoms with Gasteiger partial charge in [0.25, 0.3) is 0 Å². The van der Waals surface area contributed by atoms with Crippen molar-refractivity contribution in [2.45, 2.75) is 32.5 Å². The number of hydrogen-bond acceptors (Lipinski definition) is 3. The second kappa shape index (κ2) is 7.25. The van der Waals surface area contributed by atoms with Gasteiger partial charge in [-0.05, 0) is 6.42 Å². The average Bonchev–Trinajstić information content (AvgIpc) is 2.07. The number of aldehydes is 1. The highest BCUT2D eigenvalue weighted by atomic mass is 16.7. The molecule has 0 spiro atoms. The minimum Gasteiger partial charge on any atom is -0.356 e. The summed E-state index contributed by atoms with van der Waals surface area (Å²) in [4.78, 5) is 10.3. The lowest BCUT2D eigenvalue weighted by Crippen LogP contribution is -2.25. The van der Waals surface area contributed by atoms with E-state index in [9.17, 15) is 4.79 Å². The van der Waals surface area contributed by atoms with Crippen LogP contribution in [0.4, 0.5) is 0 Å². The molecule has 0 amide bonds. The fraction of sp³-hybridized carbons (Fsp3) is 0.889. The van der Waals surface area contributed by atoms with Crippen molar-refractivity contribution in [1.82, 2.24) is 0 Å². The highest BCUT2D eigenvalue weighted by molar-refractivity contribution is 5.49. The largest absolute Gasteiger partial charge is 0.356 e. The van der Waals surface area contributed by atoms with Gasteiger partial charge in [0, 0.05) is 26.6 Å². The summed E-state index contributed by atoms with van der Waals surface area (Å²) in [6.45, 7) is 2.08. The van der Waals surface area contributed by atoms with E-state index in [1.807, 2.05) is 0 Å². The fourth-order valence-electron chi connectivity index (χ4n) is 1.34. The molecule has 0 aliphatic rings. The van der Waals surface area contributed by atoms with Crippen molar-refractivity contribution in [2.75, 3.05) is 14.2 Å². The van der Waals surface area contributed by atoms with Crippen LogP contribution in [0.25, 0.3) is 0 Å². The van der Waals surface area contributed by atoms with Gasteiger partial charge >= 0.3 is 0 Å². The van der Waals surface area contributed by atoms with Crippen molar-refractivity contribution < 1.29 is 14.3 Å². The van der Waals surface area contributed by atoms with Crippen molar-refractivity contribution in [3.63, 3.8) is 0 Å². The van der Waals surface area contributed by atoms with Gasteiger partial charge in [0.1, 0.15) is 6.29 Å². The summed E-state index contributed by atoms with van der Waals surface area (Å²) < 4.78 is 10.2. The zero-order chi connectivity index (χ0) is 9.40. The predicted octanol–water partition coefficient (Wildman–Crippen LogP) is 1.61. The quantitative estimate of drug-likeness (QED) is 0.434. The summed E-state index contributed by atoms with van der Waals surface area (Å²) in [5.74, 6) is 0.197. The Labute approximate surface area is 74.0 Å². The van der Waals surface area contributed by atoms with Crippen molar-refractivity contribution >= 4 is 6.29 Å². The molecule has 0 saturated heterocycles. The third kappa shape index (κ3) is 3.83. The van der Waals surface area contributed by atoms with E-state index in [-0.39, 0.29) is 12.2 Å². The third-order valence-corrected chi connectivity index (χ3v) is 1.91. The minimum absolute atomic E-state index is 0.197. The molecule has 1 unspecified atom stereocenters. The molecule has 0 N–H and O–H groups in total. The van der Waals surface area contributed by atoms with E-state index in [1.165, 1.54) is 0 Å². The number of hydrogen-bond donors (Lipinski definition) is 0. The Morgan fingerprint density at radius 3 is 2.25 bits per heavy atom. The first-order valence-electron chi connectivity index (χ1n) is 4.29. The molecule has 0 saturated carbocycles. The Bertz CT molecular complexity index is 110. The maximum Gasteiger partial charge on any atom is 0.160 e. The average molecular weight is 174 g/mol. The second-order valence-electron chi connectivity index (χ2n) is 2.79. The fourth-order valence-corrected chi connectivity index (χ4v) is 1.34. The Hall–Kier alpha value is -0.410. The molecular formula is C9H18O3. The molecule has 0 bridgehead atoms. The Kier molecular flexibility index (Phi) is 7.00. The van der Waals surface area contributed by atoms with E-state index < -0.39 is 0 Å². The van der Waals surface area contributed by atoms with Crippen LogP contribution in [0.5, 0.6) is 0 Å². The van der Waals surface area contributed by atoms with Gasteiger partial charge in [0.05, 0.1) is 0 Å². The van der Waals surface area contributed by atoms with Crippen molar-refractivity contribution in [2.24, 2.45) is 5.92 Å². The molecule has 0 fully saturated rings. The molecule has 3 nitrogen and oxygen atoms in total. The number of carbonyl (C=O) groups is 1. The van der Waals surface area contributed by atoms with Gasteiger partial charge in [-0.25, -0.2) is 0 Å². The van der Waals surface area contributed by atoms with Crippen LogP contribution in [0.2, 0.25) is 0 Å². The summed E-state index contributed by atoms with van der Waals surface area (Å²) in [7, 11) is 3.20.